The molecule has 1 aliphatic heterocycles. The van der Waals surface area contributed by atoms with Crippen LogP contribution in [0.15, 0.2) is 24.3 Å². The fourth-order valence-corrected chi connectivity index (χ4v) is 2.71. The second kappa shape index (κ2) is 6.06. The Labute approximate surface area is 115 Å². The fraction of sp³-hybridized carbons (Fsp3) is 0.533. The van der Waals surface area contributed by atoms with Gasteiger partial charge in [0.2, 0.25) is 5.91 Å². The van der Waals surface area contributed by atoms with Gasteiger partial charge in [-0.05, 0) is 51.4 Å². The van der Waals surface area contributed by atoms with Crippen molar-refractivity contribution in [3.63, 3.8) is 0 Å². The molecule has 104 valence electrons. The first kappa shape index (κ1) is 13.9. The van der Waals surface area contributed by atoms with Crippen LogP contribution in [0.3, 0.4) is 0 Å². The van der Waals surface area contributed by atoms with E-state index in [9.17, 15) is 4.79 Å². The number of rotatable bonds is 3. The van der Waals surface area contributed by atoms with Crippen molar-refractivity contribution in [2.24, 2.45) is 0 Å². The third-order valence-electron chi connectivity index (χ3n) is 3.89. The largest absolute Gasteiger partial charge is 0.399 e. The minimum atomic E-state index is -0.100. The van der Waals surface area contributed by atoms with E-state index < -0.39 is 0 Å². The Morgan fingerprint density at radius 1 is 1.47 bits per heavy atom. The van der Waals surface area contributed by atoms with Crippen LogP contribution in [0, 0.1) is 0 Å². The molecule has 0 saturated carbocycles. The highest BCUT2D eigenvalue weighted by atomic mass is 16.2. The number of nitrogens with zero attached hydrogens (tertiary/aromatic N) is 1. The van der Waals surface area contributed by atoms with Crippen molar-refractivity contribution >= 4 is 17.3 Å². The van der Waals surface area contributed by atoms with Gasteiger partial charge in [0.25, 0.3) is 0 Å². The molecule has 3 N–H and O–H groups in total. The molecule has 0 aliphatic carbocycles. The number of nitrogens with one attached hydrogen (secondary N) is 1. The summed E-state index contributed by atoms with van der Waals surface area (Å²) in [5.41, 5.74) is 7.14. The molecule has 4 nitrogen and oxygen atoms in total. The van der Waals surface area contributed by atoms with Gasteiger partial charge >= 0.3 is 0 Å². The van der Waals surface area contributed by atoms with Crippen LogP contribution in [0.4, 0.5) is 11.4 Å². The van der Waals surface area contributed by atoms with Gasteiger partial charge < -0.3 is 11.1 Å². The van der Waals surface area contributed by atoms with Crippen LogP contribution in [0.25, 0.3) is 0 Å². The van der Waals surface area contributed by atoms with Gasteiger partial charge in [-0.3, -0.25) is 9.69 Å². The second-order valence-corrected chi connectivity index (χ2v) is 5.37. The minimum absolute atomic E-state index is 0.0411. The van der Waals surface area contributed by atoms with Crippen molar-refractivity contribution in [2.45, 2.75) is 45.2 Å². The summed E-state index contributed by atoms with van der Waals surface area (Å²) < 4.78 is 0. The average Bonchev–Trinajstić information content (AvgIpc) is 2.38. The molecule has 1 heterocycles. The van der Waals surface area contributed by atoms with Gasteiger partial charge in [0.15, 0.2) is 0 Å². The number of benzene rings is 1. The van der Waals surface area contributed by atoms with Crippen molar-refractivity contribution in [2.75, 3.05) is 17.6 Å². The highest BCUT2D eigenvalue weighted by Crippen LogP contribution is 2.20. The number of nitrogens with two attached hydrogens (primary N) is 1. The van der Waals surface area contributed by atoms with Crippen LogP contribution >= 0.6 is 0 Å². The molecule has 0 aromatic heterocycles. The smallest absolute Gasteiger partial charge is 0.241 e. The normalized spacial score (nSPS) is 21.9. The molecule has 2 unspecified atom stereocenters. The molecule has 0 radical (unpaired) electrons. The predicted molar refractivity (Wildman–Crippen MR) is 79.0 cm³/mol. The lowest BCUT2D eigenvalue weighted by molar-refractivity contribution is -0.122. The van der Waals surface area contributed by atoms with E-state index in [2.05, 4.69) is 17.1 Å². The molecule has 0 spiro atoms. The van der Waals surface area contributed by atoms with E-state index in [1.165, 1.54) is 19.3 Å². The molecule has 1 saturated heterocycles. The summed E-state index contributed by atoms with van der Waals surface area (Å²) in [4.78, 5) is 14.6. The summed E-state index contributed by atoms with van der Waals surface area (Å²) in [6, 6.07) is 7.68. The fourth-order valence-electron chi connectivity index (χ4n) is 2.71. The lowest BCUT2D eigenvalue weighted by Gasteiger charge is -2.37. The molecule has 1 aromatic rings. The lowest BCUT2D eigenvalue weighted by atomic mass is 10.0. The van der Waals surface area contributed by atoms with Crippen molar-refractivity contribution in [3.05, 3.63) is 24.3 Å². The van der Waals surface area contributed by atoms with E-state index in [0.29, 0.717) is 11.7 Å². The average molecular weight is 261 g/mol. The molecular formula is C15H23N3O. The van der Waals surface area contributed by atoms with E-state index >= 15 is 0 Å². The zero-order chi connectivity index (χ0) is 13.8. The Morgan fingerprint density at radius 3 is 2.95 bits per heavy atom. The lowest BCUT2D eigenvalue weighted by Crippen LogP contribution is -2.48. The van der Waals surface area contributed by atoms with Gasteiger partial charge in [0, 0.05) is 17.4 Å². The molecule has 1 aliphatic rings. The molecule has 1 fully saturated rings. The van der Waals surface area contributed by atoms with Crippen LogP contribution in [0.5, 0.6) is 0 Å². The summed E-state index contributed by atoms with van der Waals surface area (Å²) in [5.74, 6) is 0.0411. The second-order valence-electron chi connectivity index (χ2n) is 5.37. The molecule has 2 atom stereocenters. The molecule has 4 heteroatoms. The number of carbonyl (C=O) groups excluding carboxylic acids is 1. The first-order valence-corrected chi connectivity index (χ1v) is 7.00. The standard InChI is InChI=1S/C15H23N3O/c1-11-6-3-4-9-18(11)12(2)15(19)17-14-8-5-7-13(16)10-14/h5,7-8,10-12H,3-4,6,9,16H2,1-2H3,(H,17,19). The summed E-state index contributed by atoms with van der Waals surface area (Å²) in [7, 11) is 0. The first-order chi connectivity index (χ1) is 9.08. The molecule has 0 bridgehead atoms. The van der Waals surface area contributed by atoms with Crippen LogP contribution in [-0.4, -0.2) is 29.4 Å². The van der Waals surface area contributed by atoms with Crippen molar-refractivity contribution < 1.29 is 4.79 Å². The number of hydrogen-bond donors (Lipinski definition) is 2. The van der Waals surface area contributed by atoms with E-state index in [4.69, 9.17) is 5.73 Å². The van der Waals surface area contributed by atoms with E-state index in [1.807, 2.05) is 25.1 Å². The van der Waals surface area contributed by atoms with Gasteiger partial charge in [-0.1, -0.05) is 12.5 Å². The Balaban J connectivity index is 1.99. The molecule has 1 amide bonds. The van der Waals surface area contributed by atoms with Gasteiger partial charge in [-0.15, -0.1) is 0 Å². The van der Waals surface area contributed by atoms with Gasteiger partial charge in [-0.25, -0.2) is 0 Å². The van der Waals surface area contributed by atoms with Crippen LogP contribution < -0.4 is 11.1 Å². The number of anilines is 2. The first-order valence-electron chi connectivity index (χ1n) is 7.00. The quantitative estimate of drug-likeness (QED) is 0.822. The SMILES string of the molecule is CC1CCCCN1C(C)C(=O)Nc1cccc(N)c1. The third-order valence-corrected chi connectivity index (χ3v) is 3.89. The topological polar surface area (TPSA) is 58.4 Å². The maximum absolute atomic E-state index is 12.3. The van der Waals surface area contributed by atoms with Crippen molar-refractivity contribution in [1.29, 1.82) is 0 Å². The number of carbonyl (C=O) groups is 1. The molecular weight excluding hydrogens is 238 g/mol. The predicted octanol–water partition coefficient (Wildman–Crippen LogP) is 2.47. The molecule has 1 aromatic carbocycles. The third kappa shape index (κ3) is 3.47. The van der Waals surface area contributed by atoms with E-state index in [0.717, 1.165) is 12.2 Å². The molecule has 19 heavy (non-hydrogen) atoms. The van der Waals surface area contributed by atoms with Crippen LogP contribution in [-0.2, 0) is 4.79 Å². The van der Waals surface area contributed by atoms with E-state index in [1.54, 1.807) is 6.07 Å². The van der Waals surface area contributed by atoms with Crippen molar-refractivity contribution in [1.82, 2.24) is 4.90 Å². The van der Waals surface area contributed by atoms with Gasteiger partial charge in [-0.2, -0.15) is 0 Å². The highest BCUT2D eigenvalue weighted by Gasteiger charge is 2.27. The number of likely N-dealkylation sites (tertiary alicyclic amines) is 1. The number of hydrogen-bond acceptors (Lipinski definition) is 3. The summed E-state index contributed by atoms with van der Waals surface area (Å²) in [5, 5.41) is 2.94. The summed E-state index contributed by atoms with van der Waals surface area (Å²) in [6.07, 6.45) is 3.62. The Morgan fingerprint density at radius 2 is 2.26 bits per heavy atom. The Bertz CT molecular complexity index is 447. The van der Waals surface area contributed by atoms with Gasteiger partial charge in [0.1, 0.15) is 0 Å². The zero-order valence-electron chi connectivity index (χ0n) is 11.7. The van der Waals surface area contributed by atoms with Gasteiger partial charge in [0.05, 0.1) is 6.04 Å². The summed E-state index contributed by atoms with van der Waals surface area (Å²) >= 11 is 0. The Hall–Kier alpha value is -1.55. The van der Waals surface area contributed by atoms with Crippen LogP contribution in [0.1, 0.15) is 33.1 Å². The number of amides is 1. The number of nitrogen functional groups attached to an aromatic ring is 1. The van der Waals surface area contributed by atoms with Crippen molar-refractivity contribution in [3.8, 4) is 0 Å². The zero-order valence-corrected chi connectivity index (χ0v) is 11.7. The monoisotopic (exact) mass is 261 g/mol. The maximum atomic E-state index is 12.3. The minimum Gasteiger partial charge on any atom is -0.399 e. The highest BCUT2D eigenvalue weighted by molar-refractivity contribution is 5.94. The van der Waals surface area contributed by atoms with Crippen LogP contribution in [0.2, 0.25) is 0 Å². The van der Waals surface area contributed by atoms with E-state index in [-0.39, 0.29) is 11.9 Å². The summed E-state index contributed by atoms with van der Waals surface area (Å²) in [6.45, 7) is 5.18. The maximum Gasteiger partial charge on any atom is 0.241 e. The number of piperidine rings is 1. The molecule has 2 rings (SSSR count). The Kier molecular flexibility index (Phi) is 4.43.